The van der Waals surface area contributed by atoms with E-state index in [0.717, 1.165) is 0 Å². The average molecular weight is 366 g/mol. The molecular weight excluding hydrogens is 348 g/mol. The van der Waals surface area contributed by atoms with Crippen LogP contribution in [0, 0.1) is 0 Å². The molecule has 0 radical (unpaired) electrons. The highest BCUT2D eigenvalue weighted by molar-refractivity contribution is 8.00. The molecule has 0 bridgehead atoms. The van der Waals surface area contributed by atoms with Crippen LogP contribution < -0.4 is 15.2 Å². The Kier molecular flexibility index (Phi) is 4.53. The van der Waals surface area contributed by atoms with Crippen LogP contribution in [0.25, 0.3) is 0 Å². The third kappa shape index (κ3) is 2.79. The van der Waals surface area contributed by atoms with Gasteiger partial charge < -0.3 is 25.4 Å². The van der Waals surface area contributed by atoms with Crippen LogP contribution in [0.15, 0.2) is 23.4 Å². The molecule has 25 heavy (non-hydrogen) atoms. The predicted molar refractivity (Wildman–Crippen MR) is 90.6 cm³/mol. The van der Waals surface area contributed by atoms with Crippen molar-refractivity contribution in [2.75, 3.05) is 20.0 Å². The molecule has 2 aliphatic heterocycles. The maximum atomic E-state index is 12.0. The number of aliphatic carboxylic acids is 1. The molecule has 1 aromatic carbocycles. The molecule has 9 heteroatoms. The van der Waals surface area contributed by atoms with E-state index in [4.69, 9.17) is 15.2 Å². The largest absolute Gasteiger partial charge is 0.502 e. The second-order valence-electron chi connectivity index (χ2n) is 5.72. The number of hydrogen-bond acceptors (Lipinski definition) is 7. The zero-order chi connectivity index (χ0) is 18.3. The Bertz CT molecular complexity index is 753. The van der Waals surface area contributed by atoms with E-state index >= 15 is 0 Å². The first-order valence-corrected chi connectivity index (χ1v) is 8.53. The van der Waals surface area contributed by atoms with Crippen molar-refractivity contribution in [1.29, 1.82) is 0 Å². The quantitative estimate of drug-likeness (QED) is 0.645. The van der Waals surface area contributed by atoms with Crippen LogP contribution in [0.1, 0.15) is 5.56 Å². The summed E-state index contributed by atoms with van der Waals surface area (Å²) in [5, 5.41) is 19.2. The number of phenols is 1. The van der Waals surface area contributed by atoms with Gasteiger partial charge in [-0.1, -0.05) is 0 Å². The van der Waals surface area contributed by atoms with E-state index in [2.05, 4.69) is 0 Å². The molecule has 8 nitrogen and oxygen atoms in total. The molecule has 3 rings (SSSR count). The van der Waals surface area contributed by atoms with Gasteiger partial charge in [-0.05, 0) is 29.7 Å². The maximum absolute atomic E-state index is 12.0. The molecule has 0 spiro atoms. The lowest BCUT2D eigenvalue weighted by atomic mass is 9.99. The van der Waals surface area contributed by atoms with Gasteiger partial charge in [-0.2, -0.15) is 0 Å². The molecule has 1 saturated heterocycles. The van der Waals surface area contributed by atoms with Crippen LogP contribution in [0.5, 0.6) is 17.2 Å². The average Bonchev–Trinajstić information content (AvgIpc) is 2.61. The summed E-state index contributed by atoms with van der Waals surface area (Å²) in [6.45, 7) is 0. The zero-order valence-corrected chi connectivity index (χ0v) is 14.5. The predicted octanol–water partition coefficient (Wildman–Crippen LogP) is 0.533. The van der Waals surface area contributed by atoms with Crippen molar-refractivity contribution in [1.82, 2.24) is 4.90 Å². The van der Waals surface area contributed by atoms with E-state index in [0.29, 0.717) is 16.9 Å². The van der Waals surface area contributed by atoms with Crippen LogP contribution in [-0.4, -0.2) is 58.4 Å². The zero-order valence-electron chi connectivity index (χ0n) is 13.7. The third-order valence-electron chi connectivity index (χ3n) is 4.25. The number of methoxy groups -OCH3 is 2. The number of amides is 1. The molecule has 1 fully saturated rings. The lowest BCUT2D eigenvalue weighted by Crippen LogP contribution is -2.68. The lowest BCUT2D eigenvalue weighted by Gasteiger charge is -2.48. The number of aromatic hydroxyl groups is 1. The van der Waals surface area contributed by atoms with E-state index in [1.54, 1.807) is 12.1 Å². The second kappa shape index (κ2) is 6.49. The van der Waals surface area contributed by atoms with E-state index in [9.17, 15) is 19.8 Å². The molecule has 2 atom stereocenters. The number of fused-ring (bicyclic) bond motifs is 1. The van der Waals surface area contributed by atoms with Crippen LogP contribution in [0.3, 0.4) is 0 Å². The van der Waals surface area contributed by atoms with Crippen molar-refractivity contribution >= 4 is 23.6 Å². The minimum atomic E-state index is -1.15. The molecule has 4 N–H and O–H groups in total. The number of nitrogens with two attached hydrogens (primary N) is 1. The molecule has 134 valence electrons. The molecule has 0 unspecified atom stereocenters. The molecule has 2 aliphatic rings. The second-order valence-corrected chi connectivity index (χ2v) is 6.82. The highest BCUT2D eigenvalue weighted by Crippen LogP contribution is 2.42. The molecule has 1 amide bonds. The van der Waals surface area contributed by atoms with Gasteiger partial charge in [-0.3, -0.25) is 9.69 Å². The van der Waals surface area contributed by atoms with Gasteiger partial charge in [0.25, 0.3) is 0 Å². The van der Waals surface area contributed by atoms with Gasteiger partial charge in [-0.25, -0.2) is 4.79 Å². The standard InChI is InChI=1S/C16H18N2O6S/c1-23-9-4-7(5-10(24-2)13(9)19)3-8-6-25-15-11(17)14(20)18(15)12(8)16(21)22/h4-5,11,15,19H,3,6,17H2,1-2H3,(H,21,22)/t11-,15-/m1/s1. The van der Waals surface area contributed by atoms with Gasteiger partial charge in [-0.15, -0.1) is 11.8 Å². The summed E-state index contributed by atoms with van der Waals surface area (Å²) in [6, 6.07) is 2.57. The van der Waals surface area contributed by atoms with E-state index in [1.807, 2.05) is 0 Å². The van der Waals surface area contributed by atoms with E-state index < -0.39 is 12.0 Å². The van der Waals surface area contributed by atoms with E-state index in [-0.39, 0.29) is 40.6 Å². The highest BCUT2D eigenvalue weighted by Gasteiger charge is 2.51. The summed E-state index contributed by atoms with van der Waals surface area (Å²) in [5.41, 5.74) is 7.03. The Morgan fingerprint density at radius 2 is 1.96 bits per heavy atom. The summed E-state index contributed by atoms with van der Waals surface area (Å²) >= 11 is 1.44. The first kappa shape index (κ1) is 17.4. The first-order chi connectivity index (χ1) is 11.9. The summed E-state index contributed by atoms with van der Waals surface area (Å²) < 4.78 is 10.2. The fourth-order valence-corrected chi connectivity index (χ4v) is 4.30. The van der Waals surface area contributed by atoms with Crippen molar-refractivity contribution in [3.05, 3.63) is 29.0 Å². The number of nitrogens with zero attached hydrogens (tertiary/aromatic N) is 1. The van der Waals surface area contributed by atoms with Gasteiger partial charge in [0.05, 0.1) is 14.2 Å². The molecule has 0 saturated carbocycles. The number of thioether (sulfide) groups is 1. The van der Waals surface area contributed by atoms with Gasteiger partial charge in [0, 0.05) is 5.75 Å². The Balaban J connectivity index is 1.98. The molecule has 1 aromatic rings. The van der Waals surface area contributed by atoms with Gasteiger partial charge in [0.1, 0.15) is 17.1 Å². The summed E-state index contributed by atoms with van der Waals surface area (Å²) in [6.07, 6.45) is 0.285. The smallest absolute Gasteiger partial charge is 0.352 e. The number of carbonyl (C=O) groups excluding carboxylic acids is 1. The van der Waals surface area contributed by atoms with Crippen molar-refractivity contribution in [2.45, 2.75) is 17.8 Å². The number of rotatable bonds is 5. The number of carboxylic acid groups (broad SMARTS) is 1. The minimum Gasteiger partial charge on any atom is -0.502 e. The molecular formula is C16H18N2O6S. The Hall–Kier alpha value is -2.39. The number of hydrogen-bond donors (Lipinski definition) is 3. The minimum absolute atomic E-state index is 0.0125. The number of carbonyl (C=O) groups is 2. The van der Waals surface area contributed by atoms with Crippen molar-refractivity contribution in [3.8, 4) is 17.2 Å². The van der Waals surface area contributed by atoms with Gasteiger partial charge >= 0.3 is 5.97 Å². The Morgan fingerprint density at radius 1 is 1.36 bits per heavy atom. The summed E-state index contributed by atoms with van der Waals surface area (Å²) in [4.78, 5) is 24.9. The lowest BCUT2D eigenvalue weighted by molar-refractivity contribution is -0.148. The summed E-state index contributed by atoms with van der Waals surface area (Å²) in [5.74, 6) is -0.741. The van der Waals surface area contributed by atoms with Crippen LogP contribution in [0.4, 0.5) is 0 Å². The number of carboxylic acids is 1. The van der Waals surface area contributed by atoms with Gasteiger partial charge in [0.2, 0.25) is 11.7 Å². The topological polar surface area (TPSA) is 122 Å². The van der Waals surface area contributed by atoms with E-state index in [1.165, 1.54) is 30.9 Å². The van der Waals surface area contributed by atoms with Crippen molar-refractivity contribution in [2.24, 2.45) is 5.73 Å². The fourth-order valence-electron chi connectivity index (χ4n) is 3.01. The monoisotopic (exact) mass is 366 g/mol. The molecule has 0 aromatic heterocycles. The summed E-state index contributed by atoms with van der Waals surface area (Å²) in [7, 11) is 2.84. The number of ether oxygens (including phenoxy) is 2. The Labute approximate surface area is 148 Å². The maximum Gasteiger partial charge on any atom is 0.352 e. The highest BCUT2D eigenvalue weighted by atomic mass is 32.2. The number of β-lactam (4-membered cyclic amide) rings is 1. The number of benzene rings is 1. The van der Waals surface area contributed by atoms with Crippen LogP contribution >= 0.6 is 11.8 Å². The normalized spacial score (nSPS) is 22.4. The Morgan fingerprint density at radius 3 is 2.48 bits per heavy atom. The van der Waals surface area contributed by atoms with Crippen molar-refractivity contribution < 1.29 is 29.3 Å². The fraction of sp³-hybridized carbons (Fsp3) is 0.375. The molecule has 0 aliphatic carbocycles. The van der Waals surface area contributed by atoms with Crippen LogP contribution in [-0.2, 0) is 16.0 Å². The SMILES string of the molecule is COc1cc(CC2=C(C(=O)O)N3C(=O)[C@@H](N)[C@H]3SC2)cc(OC)c1O. The third-order valence-corrected chi connectivity index (χ3v) is 5.61. The van der Waals surface area contributed by atoms with Crippen LogP contribution in [0.2, 0.25) is 0 Å². The van der Waals surface area contributed by atoms with Gasteiger partial charge in [0.15, 0.2) is 11.5 Å². The van der Waals surface area contributed by atoms with Crippen molar-refractivity contribution in [3.63, 3.8) is 0 Å². The number of phenolic OH excluding ortho intramolecular Hbond substituents is 1. The molecule has 2 heterocycles. The first-order valence-electron chi connectivity index (χ1n) is 7.48.